The van der Waals surface area contributed by atoms with E-state index in [9.17, 15) is 0 Å². The normalized spacial score (nSPS) is 25.5. The maximum Gasteiger partial charge on any atom is 0.0545 e. The maximum atomic E-state index is 9.13. The largest absolute Gasteiger partial charge is 0.393 e. The lowest BCUT2D eigenvalue weighted by Gasteiger charge is -2.41. The van der Waals surface area contributed by atoms with Gasteiger partial charge in [0, 0.05) is 5.41 Å². The molecule has 0 aliphatic carbocycles. The number of rotatable bonds is 3. The zero-order valence-corrected chi connectivity index (χ0v) is 6.76. The Morgan fingerprint density at radius 1 is 1.60 bits per heavy atom. The van der Waals surface area contributed by atoms with Gasteiger partial charge in [0.2, 0.25) is 0 Å². The van der Waals surface area contributed by atoms with Crippen LogP contribution in [0.2, 0.25) is 0 Å². The third-order valence-electron chi connectivity index (χ3n) is 2.29. The fraction of sp³-hybridized carbons (Fsp3) is 1.00. The zero-order valence-electron chi connectivity index (χ0n) is 6.76. The molecule has 1 N–H and O–H groups in total. The fourth-order valence-corrected chi connectivity index (χ4v) is 1.48. The van der Waals surface area contributed by atoms with E-state index in [1.54, 1.807) is 0 Å². The Hall–Kier alpha value is -0.0800. The lowest BCUT2D eigenvalue weighted by molar-refractivity contribution is -0.132. The van der Waals surface area contributed by atoms with Crippen LogP contribution in [-0.4, -0.2) is 24.4 Å². The van der Waals surface area contributed by atoms with Gasteiger partial charge < -0.3 is 9.84 Å². The molecular formula is C8H16O2. The molecule has 1 aliphatic heterocycles. The zero-order chi connectivity index (χ0) is 7.61. The molecule has 1 aliphatic rings. The van der Waals surface area contributed by atoms with Crippen LogP contribution in [-0.2, 0) is 4.74 Å². The SMILES string of the molecule is CCC1(C[C@@H](C)O)COC1. The molecule has 1 heterocycles. The summed E-state index contributed by atoms with van der Waals surface area (Å²) in [5, 5.41) is 9.13. The minimum Gasteiger partial charge on any atom is -0.393 e. The van der Waals surface area contributed by atoms with Gasteiger partial charge in [0.15, 0.2) is 0 Å². The molecule has 1 saturated heterocycles. The van der Waals surface area contributed by atoms with Gasteiger partial charge >= 0.3 is 0 Å². The minimum absolute atomic E-state index is 0.177. The predicted octanol–water partition coefficient (Wildman–Crippen LogP) is 1.18. The molecule has 0 spiro atoms. The van der Waals surface area contributed by atoms with Crippen molar-refractivity contribution in [2.45, 2.75) is 32.8 Å². The highest BCUT2D eigenvalue weighted by atomic mass is 16.5. The third-order valence-corrected chi connectivity index (χ3v) is 2.29. The van der Waals surface area contributed by atoms with Gasteiger partial charge in [0.25, 0.3) is 0 Å². The molecule has 1 fully saturated rings. The monoisotopic (exact) mass is 144 g/mol. The molecule has 0 radical (unpaired) electrons. The van der Waals surface area contributed by atoms with E-state index in [0.717, 1.165) is 26.1 Å². The number of aliphatic hydroxyl groups excluding tert-OH is 1. The topological polar surface area (TPSA) is 29.5 Å². The van der Waals surface area contributed by atoms with Crippen molar-refractivity contribution in [2.24, 2.45) is 5.41 Å². The van der Waals surface area contributed by atoms with Gasteiger partial charge in [0.1, 0.15) is 0 Å². The van der Waals surface area contributed by atoms with Crippen molar-refractivity contribution in [3.05, 3.63) is 0 Å². The number of hydrogen-bond donors (Lipinski definition) is 1. The molecular weight excluding hydrogens is 128 g/mol. The smallest absolute Gasteiger partial charge is 0.0545 e. The summed E-state index contributed by atoms with van der Waals surface area (Å²) in [5.41, 5.74) is 0.314. The second kappa shape index (κ2) is 2.89. The molecule has 0 amide bonds. The highest BCUT2D eigenvalue weighted by Crippen LogP contribution is 2.35. The Kier molecular flexibility index (Phi) is 2.32. The summed E-state index contributed by atoms with van der Waals surface area (Å²) in [7, 11) is 0. The van der Waals surface area contributed by atoms with E-state index in [1.807, 2.05) is 6.92 Å². The summed E-state index contributed by atoms with van der Waals surface area (Å²) in [4.78, 5) is 0. The number of hydrogen-bond acceptors (Lipinski definition) is 2. The summed E-state index contributed by atoms with van der Waals surface area (Å²) in [5.74, 6) is 0. The van der Waals surface area contributed by atoms with Crippen LogP contribution in [0.15, 0.2) is 0 Å². The Morgan fingerprint density at radius 2 is 2.20 bits per heavy atom. The summed E-state index contributed by atoms with van der Waals surface area (Å²) in [6, 6.07) is 0. The van der Waals surface area contributed by atoms with E-state index >= 15 is 0 Å². The van der Waals surface area contributed by atoms with E-state index in [2.05, 4.69) is 6.92 Å². The quantitative estimate of drug-likeness (QED) is 0.644. The standard InChI is InChI=1S/C8H16O2/c1-3-8(4-7(2)9)5-10-6-8/h7,9H,3-6H2,1-2H3/t7-/m1/s1. The van der Waals surface area contributed by atoms with Crippen molar-refractivity contribution in [1.29, 1.82) is 0 Å². The molecule has 0 aromatic heterocycles. The Labute approximate surface area is 62.2 Å². The highest BCUT2D eigenvalue weighted by molar-refractivity contribution is 4.85. The molecule has 2 heteroatoms. The molecule has 0 aromatic carbocycles. The highest BCUT2D eigenvalue weighted by Gasteiger charge is 2.37. The van der Waals surface area contributed by atoms with Crippen molar-refractivity contribution in [3.63, 3.8) is 0 Å². The first kappa shape index (κ1) is 8.02. The van der Waals surface area contributed by atoms with Gasteiger partial charge in [-0.15, -0.1) is 0 Å². The molecule has 0 bridgehead atoms. The van der Waals surface area contributed by atoms with Crippen LogP contribution in [0.1, 0.15) is 26.7 Å². The molecule has 60 valence electrons. The molecule has 1 atom stereocenters. The number of ether oxygens (including phenoxy) is 1. The first-order chi connectivity index (χ1) is 4.68. The van der Waals surface area contributed by atoms with Gasteiger partial charge in [-0.05, 0) is 19.8 Å². The van der Waals surface area contributed by atoms with Crippen molar-refractivity contribution in [3.8, 4) is 0 Å². The van der Waals surface area contributed by atoms with Crippen LogP contribution in [0.3, 0.4) is 0 Å². The van der Waals surface area contributed by atoms with E-state index in [1.165, 1.54) is 0 Å². The van der Waals surface area contributed by atoms with Gasteiger partial charge in [-0.1, -0.05) is 6.92 Å². The first-order valence-electron chi connectivity index (χ1n) is 3.94. The molecule has 0 saturated carbocycles. The molecule has 10 heavy (non-hydrogen) atoms. The lowest BCUT2D eigenvalue weighted by atomic mass is 9.78. The maximum absolute atomic E-state index is 9.13. The summed E-state index contributed by atoms with van der Waals surface area (Å²) in [6.45, 7) is 5.68. The van der Waals surface area contributed by atoms with Gasteiger partial charge in [-0.25, -0.2) is 0 Å². The number of aliphatic hydroxyl groups is 1. The van der Waals surface area contributed by atoms with Crippen molar-refractivity contribution in [2.75, 3.05) is 13.2 Å². The van der Waals surface area contributed by atoms with Crippen molar-refractivity contribution >= 4 is 0 Å². The average Bonchev–Trinajstić information content (AvgIpc) is 1.78. The molecule has 0 unspecified atom stereocenters. The summed E-state index contributed by atoms with van der Waals surface area (Å²) < 4.78 is 5.12. The van der Waals surface area contributed by atoms with E-state index < -0.39 is 0 Å². The van der Waals surface area contributed by atoms with Crippen LogP contribution >= 0.6 is 0 Å². The fourth-order valence-electron chi connectivity index (χ4n) is 1.48. The van der Waals surface area contributed by atoms with E-state index in [4.69, 9.17) is 9.84 Å². The Balaban J connectivity index is 2.33. The van der Waals surface area contributed by atoms with Gasteiger partial charge in [-0.3, -0.25) is 0 Å². The average molecular weight is 144 g/mol. The van der Waals surface area contributed by atoms with Crippen molar-refractivity contribution in [1.82, 2.24) is 0 Å². The summed E-state index contributed by atoms with van der Waals surface area (Å²) in [6.07, 6.45) is 1.84. The molecule has 2 nitrogen and oxygen atoms in total. The van der Waals surface area contributed by atoms with Crippen molar-refractivity contribution < 1.29 is 9.84 Å². The lowest BCUT2D eigenvalue weighted by Crippen LogP contribution is -2.43. The predicted molar refractivity (Wildman–Crippen MR) is 39.8 cm³/mol. The molecule has 1 rings (SSSR count). The van der Waals surface area contributed by atoms with Gasteiger partial charge in [-0.2, -0.15) is 0 Å². The van der Waals surface area contributed by atoms with Crippen LogP contribution in [0, 0.1) is 5.41 Å². The van der Waals surface area contributed by atoms with Crippen LogP contribution in [0.5, 0.6) is 0 Å². The Bertz CT molecular complexity index is 100. The second-order valence-electron chi connectivity index (χ2n) is 3.40. The minimum atomic E-state index is -0.177. The summed E-state index contributed by atoms with van der Waals surface area (Å²) >= 11 is 0. The van der Waals surface area contributed by atoms with Gasteiger partial charge in [0.05, 0.1) is 19.3 Å². The third kappa shape index (κ3) is 1.50. The van der Waals surface area contributed by atoms with Crippen LogP contribution in [0.25, 0.3) is 0 Å². The van der Waals surface area contributed by atoms with Crippen LogP contribution < -0.4 is 0 Å². The Morgan fingerprint density at radius 3 is 2.30 bits per heavy atom. The van der Waals surface area contributed by atoms with Crippen LogP contribution in [0.4, 0.5) is 0 Å². The van der Waals surface area contributed by atoms with E-state index in [-0.39, 0.29) is 6.10 Å². The van der Waals surface area contributed by atoms with E-state index in [0.29, 0.717) is 5.41 Å². The first-order valence-corrected chi connectivity index (χ1v) is 3.94. The molecule has 0 aromatic rings. The second-order valence-corrected chi connectivity index (χ2v) is 3.40.